The average molecular weight is 380 g/mol. The normalized spacial score (nSPS) is 15.6. The second kappa shape index (κ2) is 9.91. The summed E-state index contributed by atoms with van der Waals surface area (Å²) in [4.78, 5) is 40.0. The zero-order valence-electron chi connectivity index (χ0n) is 14.7. The Morgan fingerprint density at radius 2 is 2.12 bits per heavy atom. The van der Waals surface area contributed by atoms with Gasteiger partial charge < -0.3 is 15.4 Å². The van der Waals surface area contributed by atoms with Crippen LogP contribution in [0.3, 0.4) is 0 Å². The lowest BCUT2D eigenvalue weighted by molar-refractivity contribution is -0.127. The number of ether oxygens (including phenoxy) is 1. The van der Waals surface area contributed by atoms with E-state index in [2.05, 4.69) is 27.5 Å². The molecule has 0 aromatic carbocycles. The molecule has 1 atom stereocenters. The molecule has 1 fully saturated rings. The molecule has 3 amide bonds. The number of nitrogens with one attached hydrogen (secondary N) is 3. The van der Waals surface area contributed by atoms with E-state index < -0.39 is 24.0 Å². The fraction of sp³-hybridized carbons (Fsp3) is 0.529. The molecule has 1 aliphatic carbocycles. The molecule has 1 aromatic heterocycles. The van der Waals surface area contributed by atoms with E-state index in [1.165, 1.54) is 30.1 Å². The van der Waals surface area contributed by atoms with Crippen molar-refractivity contribution < 1.29 is 19.1 Å². The molecular weight excluding hydrogens is 356 g/mol. The van der Waals surface area contributed by atoms with Crippen molar-refractivity contribution in [1.29, 1.82) is 0 Å². The number of hydrogen-bond donors (Lipinski definition) is 3. The molecule has 8 nitrogen and oxygen atoms in total. The molecule has 1 aliphatic rings. The van der Waals surface area contributed by atoms with Crippen molar-refractivity contribution in [3.05, 3.63) is 23.7 Å². The van der Waals surface area contributed by atoms with Gasteiger partial charge in [-0.2, -0.15) is 0 Å². The van der Waals surface area contributed by atoms with E-state index in [1.54, 1.807) is 6.08 Å². The van der Waals surface area contributed by atoms with Crippen LogP contribution < -0.4 is 16.0 Å². The maximum Gasteiger partial charge on any atom is 0.358 e. The molecule has 1 saturated carbocycles. The summed E-state index contributed by atoms with van der Waals surface area (Å²) in [6.07, 6.45) is 5.72. The van der Waals surface area contributed by atoms with Gasteiger partial charge in [0, 0.05) is 18.0 Å². The third-order valence-electron chi connectivity index (χ3n) is 3.94. The highest BCUT2D eigenvalue weighted by atomic mass is 32.1. The number of hydrogen-bond acceptors (Lipinski definition) is 7. The van der Waals surface area contributed by atoms with E-state index >= 15 is 0 Å². The lowest BCUT2D eigenvalue weighted by Gasteiger charge is -2.23. The maximum absolute atomic E-state index is 12.0. The van der Waals surface area contributed by atoms with E-state index in [0.717, 1.165) is 25.7 Å². The zero-order chi connectivity index (χ0) is 18.9. The highest BCUT2D eigenvalue weighted by molar-refractivity contribution is 7.13. The van der Waals surface area contributed by atoms with Crippen molar-refractivity contribution in [1.82, 2.24) is 15.6 Å². The minimum absolute atomic E-state index is 0.0888. The van der Waals surface area contributed by atoms with Crippen molar-refractivity contribution >= 4 is 34.4 Å². The minimum atomic E-state index is -1.11. The number of carbonyl (C=O) groups excluding carboxylic acids is 3. The van der Waals surface area contributed by atoms with Gasteiger partial charge in [0.2, 0.25) is 0 Å². The molecule has 0 spiro atoms. The number of aromatic nitrogens is 1. The van der Waals surface area contributed by atoms with Crippen LogP contribution in [-0.4, -0.2) is 41.6 Å². The fourth-order valence-corrected chi connectivity index (χ4v) is 3.25. The molecule has 26 heavy (non-hydrogen) atoms. The number of anilines is 1. The van der Waals surface area contributed by atoms with Crippen LogP contribution >= 0.6 is 11.3 Å². The number of amides is 3. The van der Waals surface area contributed by atoms with E-state index in [0.29, 0.717) is 11.7 Å². The van der Waals surface area contributed by atoms with Crippen molar-refractivity contribution in [3.63, 3.8) is 0 Å². The van der Waals surface area contributed by atoms with Gasteiger partial charge >= 0.3 is 12.0 Å². The van der Waals surface area contributed by atoms with Gasteiger partial charge in [-0.3, -0.25) is 10.1 Å². The van der Waals surface area contributed by atoms with Crippen molar-refractivity contribution in [2.75, 3.05) is 11.9 Å². The van der Waals surface area contributed by atoms with Gasteiger partial charge in [-0.1, -0.05) is 25.3 Å². The smallest absolute Gasteiger partial charge is 0.358 e. The molecule has 1 aromatic rings. The standard InChI is InChI=1S/C17H24N4O4S/c1-3-9-18-17-20-13(10-26-17)15(23)25-11(2)14(22)21-16(24)19-12-7-5-4-6-8-12/h3,10-12H,1,4-9H2,2H3,(H,18,20)(H2,19,21,22,24)/t11-/m1/s1. The van der Waals surface area contributed by atoms with Crippen LogP contribution in [0.4, 0.5) is 9.93 Å². The average Bonchev–Trinajstić information content (AvgIpc) is 3.09. The highest BCUT2D eigenvalue weighted by Crippen LogP contribution is 2.17. The van der Waals surface area contributed by atoms with Gasteiger partial charge in [0.1, 0.15) is 0 Å². The van der Waals surface area contributed by atoms with Crippen LogP contribution in [-0.2, 0) is 9.53 Å². The van der Waals surface area contributed by atoms with E-state index in [-0.39, 0.29) is 11.7 Å². The van der Waals surface area contributed by atoms with Crippen molar-refractivity contribution in [2.24, 2.45) is 0 Å². The van der Waals surface area contributed by atoms with Crippen LogP contribution in [0, 0.1) is 0 Å². The molecule has 142 valence electrons. The van der Waals surface area contributed by atoms with Gasteiger partial charge in [-0.25, -0.2) is 14.6 Å². The van der Waals surface area contributed by atoms with Crippen LogP contribution in [0.2, 0.25) is 0 Å². The van der Waals surface area contributed by atoms with Crippen LogP contribution in [0.15, 0.2) is 18.0 Å². The van der Waals surface area contributed by atoms with E-state index in [4.69, 9.17) is 4.74 Å². The third-order valence-corrected chi connectivity index (χ3v) is 4.74. The number of thiazole rings is 1. The Kier molecular flexibility index (Phi) is 7.58. The Morgan fingerprint density at radius 3 is 2.81 bits per heavy atom. The van der Waals surface area contributed by atoms with Crippen molar-refractivity contribution in [2.45, 2.75) is 51.2 Å². The lowest BCUT2D eigenvalue weighted by atomic mass is 9.96. The topological polar surface area (TPSA) is 109 Å². The van der Waals surface area contributed by atoms with Crippen LogP contribution in [0.25, 0.3) is 0 Å². The summed E-state index contributed by atoms with van der Waals surface area (Å²) in [6, 6.07) is -0.472. The summed E-state index contributed by atoms with van der Waals surface area (Å²) < 4.78 is 5.07. The molecular formula is C17H24N4O4S. The van der Waals surface area contributed by atoms with Gasteiger partial charge in [-0.05, 0) is 19.8 Å². The number of rotatable bonds is 7. The quantitative estimate of drug-likeness (QED) is 0.495. The SMILES string of the molecule is C=CCNc1nc(C(=O)O[C@H](C)C(=O)NC(=O)NC2CCCCC2)cs1. The summed E-state index contributed by atoms with van der Waals surface area (Å²) in [5.41, 5.74) is 0.105. The molecule has 0 aliphatic heterocycles. The zero-order valence-corrected chi connectivity index (χ0v) is 15.6. The summed E-state index contributed by atoms with van der Waals surface area (Å²) >= 11 is 1.25. The van der Waals surface area contributed by atoms with E-state index in [9.17, 15) is 14.4 Å². The molecule has 0 bridgehead atoms. The Hall–Kier alpha value is -2.42. The van der Waals surface area contributed by atoms with Crippen molar-refractivity contribution in [3.8, 4) is 0 Å². The first-order valence-electron chi connectivity index (χ1n) is 8.62. The maximum atomic E-state index is 12.0. The van der Waals surface area contributed by atoms with Gasteiger partial charge in [0.05, 0.1) is 0 Å². The lowest BCUT2D eigenvalue weighted by Crippen LogP contribution is -2.48. The predicted molar refractivity (Wildman–Crippen MR) is 99.2 cm³/mol. The van der Waals surface area contributed by atoms with Crippen LogP contribution in [0.1, 0.15) is 49.5 Å². The first kappa shape index (κ1) is 19.9. The second-order valence-electron chi connectivity index (χ2n) is 6.05. The van der Waals surface area contributed by atoms with Gasteiger partial charge in [0.25, 0.3) is 5.91 Å². The summed E-state index contributed by atoms with van der Waals surface area (Å²) in [6.45, 7) is 5.51. The Morgan fingerprint density at radius 1 is 1.38 bits per heavy atom. The van der Waals surface area contributed by atoms with Crippen LogP contribution in [0.5, 0.6) is 0 Å². The second-order valence-corrected chi connectivity index (χ2v) is 6.91. The third kappa shape index (κ3) is 6.14. The van der Waals surface area contributed by atoms with Gasteiger partial charge in [0.15, 0.2) is 16.9 Å². The number of nitrogens with zero attached hydrogens (tertiary/aromatic N) is 1. The molecule has 9 heteroatoms. The Bertz CT molecular complexity index is 655. The minimum Gasteiger partial charge on any atom is -0.448 e. The summed E-state index contributed by atoms with van der Waals surface area (Å²) in [5, 5.41) is 10.0. The number of urea groups is 1. The highest BCUT2D eigenvalue weighted by Gasteiger charge is 2.23. The number of imide groups is 1. The molecule has 0 saturated heterocycles. The van der Waals surface area contributed by atoms with E-state index in [1.807, 2.05) is 0 Å². The fourth-order valence-electron chi connectivity index (χ4n) is 2.56. The summed E-state index contributed by atoms with van der Waals surface area (Å²) in [5.74, 6) is -1.39. The first-order chi connectivity index (χ1) is 12.5. The predicted octanol–water partition coefficient (Wildman–Crippen LogP) is 2.44. The molecule has 3 N–H and O–H groups in total. The van der Waals surface area contributed by atoms with Gasteiger partial charge in [-0.15, -0.1) is 17.9 Å². The number of esters is 1. The first-order valence-corrected chi connectivity index (χ1v) is 9.50. The number of carbonyl (C=O) groups is 3. The monoisotopic (exact) mass is 380 g/mol. The Balaban J connectivity index is 1.78. The Labute approximate surface area is 156 Å². The molecule has 0 unspecified atom stereocenters. The largest absolute Gasteiger partial charge is 0.448 e. The molecule has 2 rings (SSSR count). The molecule has 1 heterocycles. The molecule has 0 radical (unpaired) electrons. The summed E-state index contributed by atoms with van der Waals surface area (Å²) in [7, 11) is 0.